The maximum absolute atomic E-state index is 14.7. The summed E-state index contributed by atoms with van der Waals surface area (Å²) in [5.41, 5.74) is 3.24. The Morgan fingerprint density at radius 1 is 0.475 bits per heavy atom. The topological polar surface area (TPSA) is 118 Å². The lowest BCUT2D eigenvalue weighted by molar-refractivity contribution is -0.153. The van der Waals surface area contributed by atoms with E-state index in [2.05, 4.69) is 151 Å². The summed E-state index contributed by atoms with van der Waals surface area (Å²) >= 11 is 0. The number of fused-ring (bicyclic) bond motifs is 1. The predicted octanol–water partition coefficient (Wildman–Crippen LogP) is 12.7. The predicted molar refractivity (Wildman–Crippen MR) is 325 cm³/mol. The lowest BCUT2D eigenvalue weighted by Crippen LogP contribution is -2.66. The van der Waals surface area contributed by atoms with Gasteiger partial charge in [-0.1, -0.05) is 211 Å². The molecule has 8 aromatic rings. The van der Waals surface area contributed by atoms with Crippen molar-refractivity contribution in [1.29, 1.82) is 0 Å². The van der Waals surface area contributed by atoms with Crippen LogP contribution in [0.15, 0.2) is 188 Å². The quantitative estimate of drug-likeness (QED) is 0.0470. The highest BCUT2D eigenvalue weighted by atomic mass is 28.4. The second-order valence-electron chi connectivity index (χ2n) is 24.5. The molecule has 2 aromatic heterocycles. The van der Waals surface area contributed by atoms with E-state index in [1.54, 1.807) is 59.7 Å². The number of anilines is 1. The lowest BCUT2D eigenvalue weighted by atomic mass is 10.1. The van der Waals surface area contributed by atoms with Crippen molar-refractivity contribution < 1.29 is 37.4 Å². The van der Waals surface area contributed by atoms with E-state index >= 15 is 0 Å². The van der Waals surface area contributed by atoms with Crippen molar-refractivity contribution in [2.45, 2.75) is 131 Å². The van der Waals surface area contributed by atoms with Crippen LogP contribution in [0.25, 0.3) is 11.0 Å². The zero-order valence-electron chi connectivity index (χ0n) is 48.5. The molecule has 0 fully saturated rings. The first-order valence-corrected chi connectivity index (χ1v) is 31.2. The van der Waals surface area contributed by atoms with Gasteiger partial charge < -0.3 is 27.6 Å². The van der Waals surface area contributed by atoms with Gasteiger partial charge in [-0.3, -0.25) is 9.69 Å². The average molecular weight is 1110 g/mol. The molecule has 2 heterocycles. The number of hydrogen-bond acceptors (Lipinski definition) is 9. The Labute approximate surface area is 475 Å². The Morgan fingerprint density at radius 3 is 1.31 bits per heavy atom. The molecule has 0 saturated heterocycles. The summed E-state index contributed by atoms with van der Waals surface area (Å²) in [5.74, 6) is -1.05. The molecule has 80 heavy (non-hydrogen) atoms. The number of hydrogen-bond donors (Lipinski definition) is 0. The van der Waals surface area contributed by atoms with Gasteiger partial charge in [0, 0.05) is 6.54 Å². The Morgan fingerprint density at radius 2 is 0.887 bits per heavy atom. The summed E-state index contributed by atoms with van der Waals surface area (Å²) in [4.78, 5) is 48.0. The Balaban J connectivity index is 1.12. The number of amides is 1. The summed E-state index contributed by atoms with van der Waals surface area (Å²) in [5, 5.41) is 4.34. The monoisotopic (exact) mass is 1110 g/mol. The molecule has 13 heteroatoms. The average Bonchev–Trinajstić information content (AvgIpc) is 3.81. The summed E-state index contributed by atoms with van der Waals surface area (Å²) in [6.07, 6.45) is -0.773. The number of esters is 2. The molecule has 0 radical (unpaired) electrons. The van der Waals surface area contributed by atoms with E-state index in [0.29, 0.717) is 24.2 Å². The summed E-state index contributed by atoms with van der Waals surface area (Å²) in [7, 11) is -5.70. The van der Waals surface area contributed by atoms with Gasteiger partial charge in [0.05, 0.1) is 24.2 Å². The van der Waals surface area contributed by atoms with E-state index in [-0.39, 0.29) is 34.7 Å². The van der Waals surface area contributed by atoms with Crippen molar-refractivity contribution in [3.63, 3.8) is 0 Å². The smallest absolute Gasteiger partial charge is 0.416 e. The molecule has 0 N–H and O–H groups in total. The molecule has 0 bridgehead atoms. The van der Waals surface area contributed by atoms with Crippen molar-refractivity contribution >= 4 is 72.3 Å². The van der Waals surface area contributed by atoms with Crippen LogP contribution in [-0.2, 0) is 54.2 Å². The number of carbonyl (C=O) groups excluding carboxylic acids is 3. The van der Waals surface area contributed by atoms with Gasteiger partial charge >= 0.3 is 18.0 Å². The second kappa shape index (κ2) is 24.1. The van der Waals surface area contributed by atoms with E-state index < -0.39 is 52.4 Å². The van der Waals surface area contributed by atoms with E-state index in [4.69, 9.17) is 28.0 Å². The molecule has 0 atom stereocenters. The molecule has 0 aliphatic rings. The molecular weight excluding hydrogens is 1030 g/mol. The largest absolute Gasteiger partial charge is 0.459 e. The van der Waals surface area contributed by atoms with E-state index in [9.17, 15) is 14.4 Å². The molecular formula is C67H77N3O8Si2. The third-order valence-corrected chi connectivity index (χ3v) is 24.0. The van der Waals surface area contributed by atoms with Crippen LogP contribution in [0.3, 0.4) is 0 Å². The molecule has 8 rings (SSSR count). The Bertz CT molecular complexity index is 3320. The number of ether oxygens (including phenoxy) is 3. The van der Waals surface area contributed by atoms with Crippen molar-refractivity contribution in [3.05, 3.63) is 216 Å². The molecule has 0 aliphatic heterocycles. The fourth-order valence-electron chi connectivity index (χ4n) is 10.6. The third kappa shape index (κ3) is 13.6. The van der Waals surface area contributed by atoms with Crippen molar-refractivity contribution in [3.8, 4) is 0 Å². The van der Waals surface area contributed by atoms with Gasteiger partial charge in [-0.15, -0.1) is 0 Å². The van der Waals surface area contributed by atoms with E-state index in [0.717, 1.165) is 27.2 Å². The number of carbonyl (C=O) groups is 3. The van der Waals surface area contributed by atoms with Crippen LogP contribution in [0, 0.1) is 0 Å². The number of benzene rings is 6. The molecule has 0 unspecified atom stereocenters. The normalized spacial score (nSPS) is 12.5. The highest BCUT2D eigenvalue weighted by Crippen LogP contribution is 2.39. The van der Waals surface area contributed by atoms with Crippen LogP contribution in [0.2, 0.25) is 10.1 Å². The third-order valence-electron chi connectivity index (χ3n) is 14.0. The van der Waals surface area contributed by atoms with Gasteiger partial charge in [0.2, 0.25) is 0 Å². The number of aromatic nitrogens is 2. The van der Waals surface area contributed by atoms with Crippen LogP contribution in [-0.4, -0.2) is 62.0 Å². The SMILES string of the molecule is CC(C)(C)OC(=O)CN(C(=O)OC(C)(C)C)c1ccc2c(cc(C(=O)OCc3cccc(CO[Si](c4ccccc4)(c4ccccc4)C(C)(C)C)c3)n2Cc2cccc(CO[Si](c3ccccc3)(c3ccccc3)C(C)(C)C)c2)n1. The van der Waals surface area contributed by atoms with Crippen molar-refractivity contribution in [1.82, 2.24) is 9.55 Å². The van der Waals surface area contributed by atoms with Crippen LogP contribution >= 0.6 is 0 Å². The fraction of sp³-hybridized carbons (Fsp3) is 0.313. The van der Waals surface area contributed by atoms with E-state index in [1.165, 1.54) is 20.7 Å². The first kappa shape index (κ1) is 58.7. The highest BCUT2D eigenvalue weighted by Gasteiger charge is 2.51. The van der Waals surface area contributed by atoms with Crippen LogP contribution in [0.5, 0.6) is 0 Å². The molecule has 0 saturated carbocycles. The molecule has 416 valence electrons. The van der Waals surface area contributed by atoms with Gasteiger partial charge in [0.15, 0.2) is 0 Å². The minimum Gasteiger partial charge on any atom is -0.459 e. The second-order valence-corrected chi connectivity index (χ2v) is 33.1. The number of rotatable bonds is 18. The first-order chi connectivity index (χ1) is 37.9. The number of nitrogens with zero attached hydrogens (tertiary/aromatic N) is 3. The molecule has 11 nitrogen and oxygen atoms in total. The zero-order valence-corrected chi connectivity index (χ0v) is 50.5. The van der Waals surface area contributed by atoms with Gasteiger partial charge in [-0.25, -0.2) is 14.6 Å². The summed E-state index contributed by atoms with van der Waals surface area (Å²) in [6.45, 7) is 24.6. The van der Waals surface area contributed by atoms with Crippen LogP contribution in [0.1, 0.15) is 116 Å². The Kier molecular flexibility index (Phi) is 17.7. The van der Waals surface area contributed by atoms with Crippen LogP contribution in [0.4, 0.5) is 10.6 Å². The maximum atomic E-state index is 14.7. The fourth-order valence-corrected chi connectivity index (χ4v) is 19.7. The summed E-state index contributed by atoms with van der Waals surface area (Å²) < 4.78 is 34.1. The molecule has 0 spiro atoms. The van der Waals surface area contributed by atoms with Gasteiger partial charge in [-0.05, 0) is 113 Å². The van der Waals surface area contributed by atoms with Crippen LogP contribution < -0.4 is 25.6 Å². The minimum absolute atomic E-state index is 0.0104. The van der Waals surface area contributed by atoms with Gasteiger partial charge in [0.25, 0.3) is 16.6 Å². The standard InChI is InChI=1S/C67H77N3O8Si2/c1-64(2,3)77-61(71)45-70(63(73)78-65(4,5)6)60-40-39-58-57(68-60)43-59(69(58)44-49-27-25-29-51(41-49)47-75-79(66(7,8)9,53-31-17-13-18-32-53)54-33-19-14-20-34-54)62(72)74-46-50-28-26-30-52(42-50)48-76-80(67(10,11)12,55-35-21-15-22-36-55)56-37-23-16-24-38-56/h13-43H,44-48H2,1-12H3. The van der Waals surface area contributed by atoms with Gasteiger partial charge in [0.1, 0.15) is 35.9 Å². The van der Waals surface area contributed by atoms with Crippen molar-refractivity contribution in [2.75, 3.05) is 11.4 Å². The molecule has 6 aromatic carbocycles. The van der Waals surface area contributed by atoms with Gasteiger partial charge in [-0.2, -0.15) is 0 Å². The van der Waals surface area contributed by atoms with Crippen molar-refractivity contribution in [2.24, 2.45) is 0 Å². The number of pyridine rings is 1. The molecule has 1 amide bonds. The first-order valence-electron chi connectivity index (χ1n) is 27.4. The Hall–Kier alpha value is -7.43. The minimum atomic E-state index is -2.87. The highest BCUT2D eigenvalue weighted by molar-refractivity contribution is 7.00. The molecule has 0 aliphatic carbocycles. The zero-order chi connectivity index (χ0) is 57.5. The summed E-state index contributed by atoms with van der Waals surface area (Å²) in [6, 6.07) is 63.6. The maximum Gasteiger partial charge on any atom is 0.416 e. The van der Waals surface area contributed by atoms with E-state index in [1.807, 2.05) is 65.2 Å². The lowest BCUT2D eigenvalue weighted by Gasteiger charge is -2.43.